The minimum atomic E-state index is -0.580. The molecule has 1 aromatic carbocycles. The van der Waals surface area contributed by atoms with E-state index in [0.29, 0.717) is 6.54 Å². The van der Waals surface area contributed by atoms with E-state index in [0.717, 1.165) is 12.0 Å². The van der Waals surface area contributed by atoms with Crippen LogP contribution in [-0.2, 0) is 13.0 Å². The molecule has 0 aliphatic carbocycles. The molecule has 1 aromatic heterocycles. The van der Waals surface area contributed by atoms with Gasteiger partial charge in [0.25, 0.3) is 0 Å². The maximum Gasteiger partial charge on any atom is 0.352 e. The second-order valence-corrected chi connectivity index (χ2v) is 4.19. The van der Waals surface area contributed by atoms with Crippen LogP contribution in [0.15, 0.2) is 30.6 Å². The van der Waals surface area contributed by atoms with Gasteiger partial charge in [-0.2, -0.15) is 0 Å². The van der Waals surface area contributed by atoms with Crippen molar-refractivity contribution in [2.24, 2.45) is 0 Å². The molecule has 0 bridgehead atoms. The van der Waals surface area contributed by atoms with E-state index in [4.69, 9.17) is 5.73 Å². The Hall–Kier alpha value is -2.70. The molecule has 7 heteroatoms. The third kappa shape index (κ3) is 2.82. The first-order valence-corrected chi connectivity index (χ1v) is 6.19. The van der Waals surface area contributed by atoms with Crippen molar-refractivity contribution < 1.29 is 4.92 Å². The summed E-state index contributed by atoms with van der Waals surface area (Å²) < 4.78 is 0. The van der Waals surface area contributed by atoms with Gasteiger partial charge >= 0.3 is 5.69 Å². The van der Waals surface area contributed by atoms with Gasteiger partial charge in [0.1, 0.15) is 6.33 Å². The molecule has 0 amide bonds. The van der Waals surface area contributed by atoms with Crippen molar-refractivity contribution in [3.63, 3.8) is 0 Å². The Morgan fingerprint density at radius 2 is 2.00 bits per heavy atom. The minimum Gasteiger partial charge on any atom is -0.378 e. The van der Waals surface area contributed by atoms with E-state index in [-0.39, 0.29) is 17.3 Å². The molecule has 1 heterocycles. The number of hydrogen-bond donors (Lipinski definition) is 2. The molecule has 104 valence electrons. The Kier molecular flexibility index (Phi) is 4.09. The van der Waals surface area contributed by atoms with Crippen LogP contribution < -0.4 is 11.1 Å². The molecule has 0 aliphatic rings. The molecule has 0 radical (unpaired) electrons. The molecule has 2 aromatic rings. The van der Waals surface area contributed by atoms with E-state index >= 15 is 0 Å². The fourth-order valence-electron chi connectivity index (χ4n) is 1.96. The minimum absolute atomic E-state index is 0.133. The Labute approximate surface area is 116 Å². The van der Waals surface area contributed by atoms with Gasteiger partial charge in [-0.25, -0.2) is 9.97 Å². The zero-order valence-corrected chi connectivity index (χ0v) is 11.0. The summed E-state index contributed by atoms with van der Waals surface area (Å²) in [5, 5.41) is 13.9. The highest BCUT2D eigenvalue weighted by atomic mass is 16.6. The summed E-state index contributed by atoms with van der Waals surface area (Å²) in [7, 11) is 0. The number of aromatic nitrogens is 2. The second-order valence-electron chi connectivity index (χ2n) is 4.19. The van der Waals surface area contributed by atoms with Gasteiger partial charge in [0.15, 0.2) is 0 Å². The highest BCUT2D eigenvalue weighted by molar-refractivity contribution is 5.67. The van der Waals surface area contributed by atoms with Gasteiger partial charge in [0, 0.05) is 6.54 Å². The van der Waals surface area contributed by atoms with Crippen LogP contribution in [0.5, 0.6) is 0 Å². The van der Waals surface area contributed by atoms with Gasteiger partial charge in [-0.15, -0.1) is 0 Å². The number of hydrogen-bond acceptors (Lipinski definition) is 6. The molecule has 0 fully saturated rings. The Balaban J connectivity index is 2.23. The van der Waals surface area contributed by atoms with Gasteiger partial charge < -0.3 is 11.1 Å². The number of nitrogen functional groups attached to an aromatic ring is 1. The van der Waals surface area contributed by atoms with Crippen molar-refractivity contribution in [1.82, 2.24) is 9.97 Å². The topological polar surface area (TPSA) is 107 Å². The number of benzene rings is 1. The van der Waals surface area contributed by atoms with Crippen LogP contribution in [0.3, 0.4) is 0 Å². The summed E-state index contributed by atoms with van der Waals surface area (Å²) in [6.07, 6.45) is 2.10. The summed E-state index contributed by atoms with van der Waals surface area (Å²) in [4.78, 5) is 17.9. The van der Waals surface area contributed by atoms with Crippen molar-refractivity contribution in [2.75, 3.05) is 11.1 Å². The number of nitro groups is 1. The molecule has 0 saturated heterocycles. The molecule has 20 heavy (non-hydrogen) atoms. The maximum atomic E-state index is 11.0. The van der Waals surface area contributed by atoms with Crippen LogP contribution in [0.1, 0.15) is 18.1 Å². The van der Waals surface area contributed by atoms with Crippen LogP contribution in [0.25, 0.3) is 0 Å². The van der Waals surface area contributed by atoms with Crippen LogP contribution >= 0.6 is 0 Å². The average Bonchev–Trinajstić information content (AvgIpc) is 2.45. The number of rotatable bonds is 5. The summed E-state index contributed by atoms with van der Waals surface area (Å²) in [6, 6.07) is 7.90. The number of anilines is 2. The third-order valence-electron chi connectivity index (χ3n) is 2.98. The van der Waals surface area contributed by atoms with E-state index in [2.05, 4.69) is 22.2 Å². The lowest BCUT2D eigenvalue weighted by Crippen LogP contribution is -2.09. The molecule has 3 N–H and O–H groups in total. The molecule has 0 saturated carbocycles. The third-order valence-corrected chi connectivity index (χ3v) is 2.98. The first kappa shape index (κ1) is 13.7. The molecule has 0 aliphatic heterocycles. The molecular weight excluding hydrogens is 258 g/mol. The van der Waals surface area contributed by atoms with E-state index in [9.17, 15) is 10.1 Å². The number of aryl methyl sites for hydroxylation is 1. The monoisotopic (exact) mass is 273 g/mol. The molecular formula is C13H15N5O2. The maximum absolute atomic E-state index is 11.0. The molecule has 0 unspecified atom stereocenters. The summed E-state index contributed by atoms with van der Waals surface area (Å²) >= 11 is 0. The lowest BCUT2D eigenvalue weighted by Gasteiger charge is -2.10. The van der Waals surface area contributed by atoms with Crippen LogP contribution in [0, 0.1) is 10.1 Å². The van der Waals surface area contributed by atoms with Crippen molar-refractivity contribution in [3.8, 4) is 0 Å². The van der Waals surface area contributed by atoms with Crippen molar-refractivity contribution >= 4 is 17.3 Å². The average molecular weight is 273 g/mol. The van der Waals surface area contributed by atoms with Gasteiger partial charge in [-0.1, -0.05) is 31.2 Å². The van der Waals surface area contributed by atoms with E-state index < -0.39 is 4.92 Å². The first-order valence-electron chi connectivity index (χ1n) is 6.19. The molecule has 0 atom stereocenters. The van der Waals surface area contributed by atoms with Gasteiger partial charge in [0.05, 0.1) is 4.92 Å². The fraction of sp³-hybridized carbons (Fsp3) is 0.231. The Morgan fingerprint density at radius 1 is 1.30 bits per heavy atom. The lowest BCUT2D eigenvalue weighted by molar-refractivity contribution is -0.383. The highest BCUT2D eigenvalue weighted by Gasteiger charge is 2.20. The standard InChI is InChI=1S/C13H15N5O2/c1-2-9-5-3-4-6-10(9)7-15-13-11(18(19)20)12(14)16-8-17-13/h3-6,8H,2,7H2,1H3,(H3,14,15,16,17). The molecule has 7 nitrogen and oxygen atoms in total. The largest absolute Gasteiger partial charge is 0.378 e. The van der Waals surface area contributed by atoms with E-state index in [1.807, 2.05) is 24.3 Å². The number of nitrogens with one attached hydrogen (secondary N) is 1. The van der Waals surface area contributed by atoms with Gasteiger partial charge in [0.2, 0.25) is 11.6 Å². The molecule has 0 spiro atoms. The Morgan fingerprint density at radius 3 is 2.65 bits per heavy atom. The predicted molar refractivity (Wildman–Crippen MR) is 76.2 cm³/mol. The van der Waals surface area contributed by atoms with Crippen LogP contribution in [0.4, 0.5) is 17.3 Å². The zero-order chi connectivity index (χ0) is 14.5. The SMILES string of the molecule is CCc1ccccc1CNc1ncnc(N)c1[N+](=O)[O-]. The summed E-state index contributed by atoms with van der Waals surface area (Å²) in [5.41, 5.74) is 7.48. The molecule has 2 rings (SSSR count). The Bertz CT molecular complexity index is 630. The lowest BCUT2D eigenvalue weighted by atomic mass is 10.1. The van der Waals surface area contributed by atoms with Gasteiger partial charge in [-0.05, 0) is 17.5 Å². The van der Waals surface area contributed by atoms with Crippen LogP contribution in [-0.4, -0.2) is 14.9 Å². The number of nitrogens with two attached hydrogens (primary N) is 1. The number of nitrogens with zero attached hydrogens (tertiary/aromatic N) is 3. The predicted octanol–water partition coefficient (Wildman–Crippen LogP) is 2.14. The first-order chi connectivity index (χ1) is 9.63. The van der Waals surface area contributed by atoms with Crippen molar-refractivity contribution in [1.29, 1.82) is 0 Å². The quantitative estimate of drug-likeness (QED) is 0.638. The second kappa shape index (κ2) is 5.96. The summed E-state index contributed by atoms with van der Waals surface area (Å²) in [6.45, 7) is 2.51. The smallest absolute Gasteiger partial charge is 0.352 e. The van der Waals surface area contributed by atoms with Crippen LogP contribution in [0.2, 0.25) is 0 Å². The normalized spacial score (nSPS) is 10.2. The van der Waals surface area contributed by atoms with Gasteiger partial charge in [-0.3, -0.25) is 10.1 Å². The van der Waals surface area contributed by atoms with Crippen molar-refractivity contribution in [3.05, 3.63) is 51.8 Å². The highest BCUT2D eigenvalue weighted by Crippen LogP contribution is 2.26. The fourth-order valence-corrected chi connectivity index (χ4v) is 1.96. The summed E-state index contributed by atoms with van der Waals surface area (Å²) in [5.74, 6) is -0.00955. The van der Waals surface area contributed by atoms with E-state index in [1.165, 1.54) is 11.9 Å². The zero-order valence-electron chi connectivity index (χ0n) is 11.0. The van der Waals surface area contributed by atoms with Crippen molar-refractivity contribution in [2.45, 2.75) is 19.9 Å². The van der Waals surface area contributed by atoms with E-state index in [1.54, 1.807) is 0 Å².